The molecule has 2 unspecified atom stereocenters. The number of benzene rings is 1. The molecule has 0 aromatic heterocycles. The minimum atomic E-state index is -0.502. The van der Waals surface area contributed by atoms with Crippen LogP contribution in [0.25, 0.3) is 0 Å². The van der Waals surface area contributed by atoms with E-state index in [0.29, 0.717) is 18.5 Å². The van der Waals surface area contributed by atoms with Gasteiger partial charge in [-0.3, -0.25) is 0 Å². The van der Waals surface area contributed by atoms with Crippen molar-refractivity contribution < 1.29 is 19.3 Å². The van der Waals surface area contributed by atoms with E-state index in [-0.39, 0.29) is 0 Å². The van der Waals surface area contributed by atoms with Crippen molar-refractivity contribution in [2.24, 2.45) is 0 Å². The van der Waals surface area contributed by atoms with Gasteiger partial charge >= 0.3 is 0 Å². The van der Waals surface area contributed by atoms with Gasteiger partial charge in [-0.05, 0) is 50.3 Å². The van der Waals surface area contributed by atoms with Crippen LogP contribution in [0, 0.1) is 0 Å². The van der Waals surface area contributed by atoms with Gasteiger partial charge in [0.15, 0.2) is 11.5 Å². The van der Waals surface area contributed by atoms with Crippen LogP contribution in [0.15, 0.2) is 18.2 Å². The molecule has 4 nitrogen and oxygen atoms in total. The minimum absolute atomic E-state index is 0.415. The van der Waals surface area contributed by atoms with Gasteiger partial charge in [-0.2, -0.15) is 0 Å². The number of methoxy groups -OCH3 is 1. The van der Waals surface area contributed by atoms with Crippen LogP contribution in [-0.4, -0.2) is 31.5 Å². The van der Waals surface area contributed by atoms with Crippen molar-refractivity contribution >= 4 is 0 Å². The highest BCUT2D eigenvalue weighted by Gasteiger charge is 2.15. The van der Waals surface area contributed by atoms with Gasteiger partial charge in [0, 0.05) is 6.61 Å². The maximum Gasteiger partial charge on any atom is 0.161 e. The van der Waals surface area contributed by atoms with Gasteiger partial charge in [0.1, 0.15) is 0 Å². The molecule has 112 valence electrons. The predicted molar refractivity (Wildman–Crippen MR) is 77.3 cm³/mol. The first kappa shape index (κ1) is 15.1. The molecule has 0 bridgehead atoms. The number of hydrogen-bond donors (Lipinski definition) is 1. The second kappa shape index (κ2) is 7.50. The molecule has 4 heteroatoms. The summed E-state index contributed by atoms with van der Waals surface area (Å²) in [5.41, 5.74) is 0.827. The normalized spacial score (nSPS) is 19.9. The van der Waals surface area contributed by atoms with E-state index in [1.807, 2.05) is 18.2 Å². The van der Waals surface area contributed by atoms with Crippen LogP contribution in [0.4, 0.5) is 0 Å². The smallest absolute Gasteiger partial charge is 0.161 e. The lowest BCUT2D eigenvalue weighted by molar-refractivity contribution is 0.0979. The summed E-state index contributed by atoms with van der Waals surface area (Å²) in [6.07, 6.45) is 4.29. The van der Waals surface area contributed by atoms with Crippen LogP contribution in [0.1, 0.15) is 44.3 Å². The van der Waals surface area contributed by atoms with Gasteiger partial charge in [0.2, 0.25) is 0 Å². The SMILES string of the molecule is COc1cc(C(C)O)ccc1OCCCC1CCCO1. The summed E-state index contributed by atoms with van der Waals surface area (Å²) in [5, 5.41) is 9.56. The van der Waals surface area contributed by atoms with E-state index in [9.17, 15) is 5.11 Å². The fourth-order valence-corrected chi connectivity index (χ4v) is 2.43. The molecule has 0 radical (unpaired) electrons. The number of rotatable bonds is 7. The average Bonchev–Trinajstić information content (AvgIpc) is 2.96. The second-order valence-corrected chi connectivity index (χ2v) is 5.21. The molecule has 1 fully saturated rings. The first-order chi connectivity index (χ1) is 9.70. The molecule has 1 heterocycles. The third kappa shape index (κ3) is 4.12. The Bertz CT molecular complexity index is 411. The van der Waals surface area contributed by atoms with Gasteiger partial charge in [-0.25, -0.2) is 0 Å². The van der Waals surface area contributed by atoms with Gasteiger partial charge in [0.05, 0.1) is 25.9 Å². The van der Waals surface area contributed by atoms with Crippen LogP contribution in [0.3, 0.4) is 0 Å². The highest BCUT2D eigenvalue weighted by Crippen LogP contribution is 2.30. The molecular weight excluding hydrogens is 256 g/mol. The third-order valence-corrected chi connectivity index (χ3v) is 3.62. The van der Waals surface area contributed by atoms with E-state index < -0.39 is 6.10 Å². The Labute approximate surface area is 120 Å². The lowest BCUT2D eigenvalue weighted by atomic mass is 10.1. The largest absolute Gasteiger partial charge is 0.493 e. The van der Waals surface area contributed by atoms with Crippen LogP contribution < -0.4 is 9.47 Å². The van der Waals surface area contributed by atoms with E-state index in [2.05, 4.69) is 0 Å². The van der Waals surface area contributed by atoms with E-state index in [0.717, 1.165) is 30.8 Å². The summed E-state index contributed by atoms with van der Waals surface area (Å²) in [6.45, 7) is 3.29. The maximum absolute atomic E-state index is 9.56. The summed E-state index contributed by atoms with van der Waals surface area (Å²) < 4.78 is 16.7. The molecule has 1 aromatic rings. The lowest BCUT2D eigenvalue weighted by Gasteiger charge is -2.14. The molecular formula is C16H24O4. The lowest BCUT2D eigenvalue weighted by Crippen LogP contribution is -2.08. The second-order valence-electron chi connectivity index (χ2n) is 5.21. The van der Waals surface area contributed by atoms with E-state index >= 15 is 0 Å². The molecule has 1 aliphatic rings. The van der Waals surface area contributed by atoms with Crippen LogP contribution >= 0.6 is 0 Å². The maximum atomic E-state index is 9.56. The number of ether oxygens (including phenoxy) is 3. The van der Waals surface area contributed by atoms with Gasteiger partial charge < -0.3 is 19.3 Å². The van der Waals surface area contributed by atoms with Gasteiger partial charge in [-0.15, -0.1) is 0 Å². The van der Waals surface area contributed by atoms with Crippen molar-refractivity contribution in [3.63, 3.8) is 0 Å². The monoisotopic (exact) mass is 280 g/mol. The zero-order chi connectivity index (χ0) is 14.4. The van der Waals surface area contributed by atoms with Crippen molar-refractivity contribution in [2.75, 3.05) is 20.3 Å². The third-order valence-electron chi connectivity index (χ3n) is 3.62. The molecule has 2 atom stereocenters. The minimum Gasteiger partial charge on any atom is -0.493 e. The Morgan fingerprint density at radius 1 is 1.40 bits per heavy atom. The van der Waals surface area contributed by atoms with Crippen LogP contribution in [0.5, 0.6) is 11.5 Å². The van der Waals surface area contributed by atoms with Crippen LogP contribution in [0.2, 0.25) is 0 Å². The molecule has 0 spiro atoms. The summed E-state index contributed by atoms with van der Waals surface area (Å²) in [6, 6.07) is 5.54. The molecule has 0 saturated carbocycles. The Morgan fingerprint density at radius 2 is 2.25 bits per heavy atom. The van der Waals surface area contributed by atoms with E-state index in [4.69, 9.17) is 14.2 Å². The number of aliphatic hydroxyl groups excluding tert-OH is 1. The van der Waals surface area contributed by atoms with Crippen molar-refractivity contribution in [1.82, 2.24) is 0 Å². The molecule has 1 aromatic carbocycles. The topological polar surface area (TPSA) is 47.9 Å². The zero-order valence-corrected chi connectivity index (χ0v) is 12.3. The molecule has 1 aliphatic heterocycles. The molecule has 1 N–H and O–H groups in total. The Kier molecular flexibility index (Phi) is 5.68. The van der Waals surface area contributed by atoms with Gasteiger partial charge in [-0.1, -0.05) is 6.07 Å². The highest BCUT2D eigenvalue weighted by atomic mass is 16.5. The van der Waals surface area contributed by atoms with Crippen molar-refractivity contribution in [3.05, 3.63) is 23.8 Å². The molecule has 0 aliphatic carbocycles. The van der Waals surface area contributed by atoms with E-state index in [1.165, 1.54) is 12.8 Å². The summed E-state index contributed by atoms with van der Waals surface area (Å²) in [4.78, 5) is 0. The first-order valence-electron chi connectivity index (χ1n) is 7.31. The molecule has 1 saturated heterocycles. The zero-order valence-electron chi connectivity index (χ0n) is 12.3. The number of aliphatic hydroxyl groups is 1. The number of hydrogen-bond acceptors (Lipinski definition) is 4. The molecule has 0 amide bonds. The Hall–Kier alpha value is -1.26. The molecule has 2 rings (SSSR count). The predicted octanol–water partition coefficient (Wildman–Crippen LogP) is 3.09. The summed E-state index contributed by atoms with van der Waals surface area (Å²) in [7, 11) is 1.61. The average molecular weight is 280 g/mol. The molecule has 20 heavy (non-hydrogen) atoms. The Morgan fingerprint density at radius 3 is 2.90 bits per heavy atom. The van der Waals surface area contributed by atoms with Gasteiger partial charge in [0.25, 0.3) is 0 Å². The first-order valence-corrected chi connectivity index (χ1v) is 7.31. The van der Waals surface area contributed by atoms with Crippen molar-refractivity contribution in [2.45, 2.75) is 44.8 Å². The summed E-state index contributed by atoms with van der Waals surface area (Å²) in [5.74, 6) is 1.39. The Balaban J connectivity index is 1.82. The summed E-state index contributed by atoms with van der Waals surface area (Å²) >= 11 is 0. The standard InChI is InChI=1S/C16H24O4/c1-12(17)13-7-8-15(16(11-13)18-2)20-10-4-6-14-5-3-9-19-14/h7-8,11-12,14,17H,3-6,9-10H2,1-2H3. The fraction of sp³-hybridized carbons (Fsp3) is 0.625. The van der Waals surface area contributed by atoms with E-state index in [1.54, 1.807) is 14.0 Å². The highest BCUT2D eigenvalue weighted by molar-refractivity contribution is 5.43. The van der Waals surface area contributed by atoms with Crippen molar-refractivity contribution in [3.8, 4) is 11.5 Å². The fourth-order valence-electron chi connectivity index (χ4n) is 2.43. The van der Waals surface area contributed by atoms with Crippen LogP contribution in [-0.2, 0) is 4.74 Å². The quantitative estimate of drug-likeness (QED) is 0.780. The van der Waals surface area contributed by atoms with Crippen molar-refractivity contribution in [1.29, 1.82) is 0 Å².